The van der Waals surface area contributed by atoms with Crippen LogP contribution in [0.15, 0.2) is 69.9 Å². The van der Waals surface area contributed by atoms with Crippen LogP contribution >= 0.6 is 23.2 Å². The van der Waals surface area contributed by atoms with Crippen LogP contribution in [0.2, 0.25) is 10.0 Å². The number of fused-ring (bicyclic) bond motifs is 1. The summed E-state index contributed by atoms with van der Waals surface area (Å²) in [6, 6.07) is 10.9. The summed E-state index contributed by atoms with van der Waals surface area (Å²) in [7, 11) is 0. The van der Waals surface area contributed by atoms with Gasteiger partial charge in [-0.3, -0.25) is 10.3 Å². The summed E-state index contributed by atoms with van der Waals surface area (Å²) in [5, 5.41) is 11.9. The van der Waals surface area contributed by atoms with Crippen LogP contribution in [-0.2, 0) is 0 Å². The van der Waals surface area contributed by atoms with Crippen molar-refractivity contribution in [2.75, 3.05) is 11.9 Å². The van der Waals surface area contributed by atoms with E-state index in [2.05, 4.69) is 30.5 Å². The van der Waals surface area contributed by atoms with Crippen LogP contribution in [0.1, 0.15) is 0 Å². The molecule has 1 aliphatic rings. The summed E-state index contributed by atoms with van der Waals surface area (Å²) in [5.74, 6) is 0.940. The van der Waals surface area contributed by atoms with Crippen LogP contribution in [0.4, 0.5) is 10.4 Å². The highest BCUT2D eigenvalue weighted by atomic mass is 35.5. The predicted molar refractivity (Wildman–Crippen MR) is 119 cm³/mol. The van der Waals surface area contributed by atoms with Gasteiger partial charge in [0.05, 0.1) is 33.2 Å². The Bertz CT molecular complexity index is 1370. The molecule has 0 spiro atoms. The smallest absolute Gasteiger partial charge is 0.321 e. The molecule has 31 heavy (non-hydrogen) atoms. The molecular weight excluding hydrogens is 442 g/mol. The predicted octanol–water partition coefficient (Wildman–Crippen LogP) is 5.82. The number of aliphatic imine (C=N–C) groups is 1. The van der Waals surface area contributed by atoms with Gasteiger partial charge >= 0.3 is 6.01 Å². The van der Waals surface area contributed by atoms with Crippen LogP contribution in [0.5, 0.6) is 0 Å². The van der Waals surface area contributed by atoms with Gasteiger partial charge in [-0.2, -0.15) is 0 Å². The number of H-pyrrole nitrogens is 1. The Morgan fingerprint density at radius 3 is 2.74 bits per heavy atom. The maximum absolute atomic E-state index is 13.3. The van der Waals surface area contributed by atoms with Crippen molar-refractivity contribution in [3.05, 3.63) is 70.5 Å². The summed E-state index contributed by atoms with van der Waals surface area (Å²) >= 11 is 12.6. The first-order valence-corrected chi connectivity index (χ1v) is 9.96. The average molecular weight is 455 g/mol. The molecule has 0 amide bonds. The zero-order chi connectivity index (χ0) is 21.4. The molecule has 4 aromatic rings. The van der Waals surface area contributed by atoms with Crippen LogP contribution in [0.25, 0.3) is 33.9 Å². The number of allylic oxidation sites excluding steroid dienone is 2. The van der Waals surface area contributed by atoms with Gasteiger partial charge in [-0.05, 0) is 48.6 Å². The second-order valence-electron chi connectivity index (χ2n) is 6.60. The number of aromatic nitrogens is 4. The molecule has 0 fully saturated rings. The molecule has 0 radical (unpaired) electrons. The van der Waals surface area contributed by atoms with E-state index in [9.17, 15) is 4.39 Å². The number of aromatic amines is 1. The molecule has 0 aliphatic carbocycles. The zero-order valence-electron chi connectivity index (χ0n) is 15.7. The Morgan fingerprint density at radius 2 is 1.90 bits per heavy atom. The Balaban J connectivity index is 1.43. The minimum Gasteiger partial charge on any atom is -0.403 e. The van der Waals surface area contributed by atoms with E-state index < -0.39 is 0 Å². The van der Waals surface area contributed by atoms with Gasteiger partial charge in [-0.15, -0.1) is 5.10 Å². The minimum absolute atomic E-state index is 0.147. The topological polar surface area (TPSA) is 92.0 Å². The zero-order valence-corrected chi connectivity index (χ0v) is 17.2. The van der Waals surface area contributed by atoms with Crippen molar-refractivity contribution in [3.8, 4) is 22.8 Å². The van der Waals surface area contributed by atoms with E-state index in [-0.39, 0.29) is 18.4 Å². The van der Waals surface area contributed by atoms with Crippen LogP contribution < -0.4 is 5.32 Å². The van der Waals surface area contributed by atoms with Crippen molar-refractivity contribution in [2.45, 2.75) is 0 Å². The molecule has 7 nitrogen and oxygen atoms in total. The van der Waals surface area contributed by atoms with Gasteiger partial charge in [0, 0.05) is 5.56 Å². The average Bonchev–Trinajstić information content (AvgIpc) is 3.32. The molecule has 0 atom stereocenters. The minimum atomic E-state index is -0.350. The SMILES string of the molecule is FC1=CCN=C(Nc2nnc(-c3ccc4nc(-c5c(Cl)cccc5Cl)[nH]c4c3)o2)C=C1. The lowest BCUT2D eigenvalue weighted by molar-refractivity contribution is 0.589. The van der Waals surface area contributed by atoms with E-state index in [0.717, 1.165) is 11.0 Å². The number of hydrogen-bond acceptors (Lipinski definition) is 6. The summed E-state index contributed by atoms with van der Waals surface area (Å²) in [6.07, 6.45) is 4.18. The number of benzene rings is 2. The molecule has 5 rings (SSSR count). The lowest BCUT2D eigenvalue weighted by Crippen LogP contribution is -2.09. The van der Waals surface area contributed by atoms with Gasteiger partial charge in [0.15, 0.2) is 0 Å². The van der Waals surface area contributed by atoms with E-state index in [1.165, 1.54) is 18.2 Å². The van der Waals surface area contributed by atoms with Crippen LogP contribution in [-0.4, -0.2) is 32.5 Å². The molecule has 2 N–H and O–H groups in total. The third-order valence-electron chi connectivity index (χ3n) is 4.54. The molecule has 0 bridgehead atoms. The van der Waals surface area contributed by atoms with E-state index in [1.807, 2.05) is 18.2 Å². The first-order valence-electron chi connectivity index (χ1n) is 9.20. The second-order valence-corrected chi connectivity index (χ2v) is 7.41. The molecular formula is C21H13Cl2FN6O. The highest BCUT2D eigenvalue weighted by Gasteiger charge is 2.15. The van der Waals surface area contributed by atoms with Crippen LogP contribution in [0, 0.1) is 0 Å². The lowest BCUT2D eigenvalue weighted by Gasteiger charge is -2.02. The maximum atomic E-state index is 13.3. The quantitative estimate of drug-likeness (QED) is 0.406. The summed E-state index contributed by atoms with van der Waals surface area (Å²) in [6.45, 7) is 0.219. The Kier molecular flexibility index (Phi) is 5.01. The summed E-state index contributed by atoms with van der Waals surface area (Å²) < 4.78 is 18.9. The molecule has 0 saturated heterocycles. The molecule has 3 heterocycles. The van der Waals surface area contributed by atoms with Crippen molar-refractivity contribution in [3.63, 3.8) is 0 Å². The van der Waals surface area contributed by atoms with Gasteiger partial charge in [0.1, 0.15) is 17.5 Å². The Morgan fingerprint density at radius 1 is 1.06 bits per heavy atom. The standard InChI is InChI=1S/C21H13Cl2FN6O/c22-13-2-1-3-14(23)18(13)19-26-15-6-4-11(10-16(15)27-19)20-29-30-21(31-20)28-17-7-5-12(24)8-9-25-17/h1-8,10H,9H2,(H,26,27)(H,25,28,30). The fourth-order valence-corrected chi connectivity index (χ4v) is 3.65. The molecule has 0 saturated carbocycles. The summed E-state index contributed by atoms with van der Waals surface area (Å²) in [5.41, 5.74) is 2.82. The van der Waals surface area contributed by atoms with Gasteiger partial charge < -0.3 is 9.40 Å². The maximum Gasteiger partial charge on any atom is 0.321 e. The molecule has 1 aliphatic heterocycles. The fourth-order valence-electron chi connectivity index (χ4n) is 3.08. The van der Waals surface area contributed by atoms with E-state index in [1.54, 1.807) is 18.2 Å². The third-order valence-corrected chi connectivity index (χ3v) is 5.17. The molecule has 154 valence electrons. The van der Waals surface area contributed by atoms with Crippen molar-refractivity contribution >= 4 is 46.1 Å². The van der Waals surface area contributed by atoms with Crippen molar-refractivity contribution < 1.29 is 8.81 Å². The highest BCUT2D eigenvalue weighted by molar-refractivity contribution is 6.39. The largest absolute Gasteiger partial charge is 0.403 e. The molecule has 10 heteroatoms. The lowest BCUT2D eigenvalue weighted by atomic mass is 10.2. The third kappa shape index (κ3) is 3.95. The number of halogens is 3. The first-order chi connectivity index (χ1) is 15.1. The number of nitrogens with one attached hydrogen (secondary N) is 2. The number of anilines is 1. The van der Waals surface area contributed by atoms with Gasteiger partial charge in [0.2, 0.25) is 5.89 Å². The summed E-state index contributed by atoms with van der Waals surface area (Å²) in [4.78, 5) is 12.0. The normalized spacial score (nSPS) is 13.8. The van der Waals surface area contributed by atoms with E-state index in [0.29, 0.717) is 38.7 Å². The van der Waals surface area contributed by atoms with Gasteiger partial charge in [-0.1, -0.05) is 34.4 Å². The van der Waals surface area contributed by atoms with Gasteiger partial charge in [0.25, 0.3) is 0 Å². The van der Waals surface area contributed by atoms with Crippen molar-refractivity contribution in [2.24, 2.45) is 4.99 Å². The second kappa shape index (κ2) is 7.98. The number of hydrogen-bond donors (Lipinski definition) is 2. The molecule has 2 aromatic carbocycles. The number of amidine groups is 1. The molecule has 0 unspecified atom stereocenters. The number of rotatable bonds is 3. The number of nitrogens with zero attached hydrogens (tertiary/aromatic N) is 4. The van der Waals surface area contributed by atoms with Gasteiger partial charge in [-0.25, -0.2) is 9.37 Å². The monoisotopic (exact) mass is 454 g/mol. The number of imidazole rings is 1. The van der Waals surface area contributed by atoms with E-state index in [4.69, 9.17) is 27.6 Å². The molecule has 2 aromatic heterocycles. The Hall–Kier alpha value is -3.49. The highest BCUT2D eigenvalue weighted by Crippen LogP contribution is 2.34. The van der Waals surface area contributed by atoms with Crippen LogP contribution in [0.3, 0.4) is 0 Å². The van der Waals surface area contributed by atoms with Crippen molar-refractivity contribution in [1.29, 1.82) is 0 Å². The first kappa shape index (κ1) is 19.5. The van der Waals surface area contributed by atoms with Crippen molar-refractivity contribution in [1.82, 2.24) is 20.2 Å². The van der Waals surface area contributed by atoms with E-state index >= 15 is 0 Å². The Labute approximate surface area is 185 Å². The fraction of sp³-hybridized carbons (Fsp3) is 0.0476.